The summed E-state index contributed by atoms with van der Waals surface area (Å²) in [7, 11) is 0. The van der Waals surface area contributed by atoms with Gasteiger partial charge in [0.05, 0.1) is 12.3 Å². The summed E-state index contributed by atoms with van der Waals surface area (Å²) in [6, 6.07) is -0.152. The minimum Gasteiger partial charge on any atom is -0.332 e. The topological polar surface area (TPSA) is 92.1 Å². The van der Waals surface area contributed by atoms with Crippen molar-refractivity contribution in [1.82, 2.24) is 15.5 Å². The molecule has 2 rings (SSSR count). The van der Waals surface area contributed by atoms with Gasteiger partial charge >= 0.3 is 6.03 Å². The summed E-state index contributed by atoms with van der Waals surface area (Å²) in [4.78, 5) is 13.4. The number of urea groups is 1. The Balaban J connectivity index is 1.80. The summed E-state index contributed by atoms with van der Waals surface area (Å²) in [6.45, 7) is 3.27. The van der Waals surface area contributed by atoms with Crippen LogP contribution in [0.1, 0.15) is 0 Å². The van der Waals surface area contributed by atoms with Crippen LogP contribution in [0.4, 0.5) is 4.79 Å². The first-order chi connectivity index (χ1) is 7.70. The second kappa shape index (κ2) is 4.44. The number of amides is 2. The quantitative estimate of drug-likeness (QED) is 0.385. The number of carbonyl (C=O) groups is 1. The maximum Gasteiger partial charge on any atom is 0.318 e. The summed E-state index contributed by atoms with van der Waals surface area (Å²) in [5.74, 6) is 0. The van der Waals surface area contributed by atoms with E-state index in [4.69, 9.17) is 10.8 Å². The highest BCUT2D eigenvalue weighted by atomic mass is 16.2. The van der Waals surface area contributed by atoms with E-state index in [9.17, 15) is 4.79 Å². The lowest BCUT2D eigenvalue weighted by atomic mass is 10.2. The molecule has 6 heteroatoms. The van der Waals surface area contributed by atoms with Crippen molar-refractivity contribution in [3.63, 3.8) is 0 Å². The first kappa shape index (κ1) is 10.8. The Morgan fingerprint density at radius 2 is 2.06 bits per heavy atom. The highest BCUT2D eigenvalue weighted by molar-refractivity contribution is 6.29. The fourth-order valence-corrected chi connectivity index (χ4v) is 1.94. The molecule has 0 unspecified atom stereocenters. The predicted octanol–water partition coefficient (Wildman–Crippen LogP) is -0.419. The number of nitrogens with one attached hydrogen (secondary N) is 4. The molecule has 0 fully saturated rings. The van der Waals surface area contributed by atoms with Gasteiger partial charge in [-0.05, 0) is 11.1 Å². The largest absolute Gasteiger partial charge is 0.332 e. The van der Waals surface area contributed by atoms with Crippen LogP contribution in [0.2, 0.25) is 0 Å². The number of hydrogen-bond acceptors (Lipinski definition) is 4. The van der Waals surface area contributed by atoms with Gasteiger partial charge in [0, 0.05) is 32.4 Å². The first-order valence-corrected chi connectivity index (χ1v) is 5.22. The highest BCUT2D eigenvalue weighted by Gasteiger charge is 2.27. The van der Waals surface area contributed by atoms with Crippen molar-refractivity contribution in [2.75, 3.05) is 32.7 Å². The minimum absolute atomic E-state index is 0.106. The number of carbonyl (C=O) groups excluding carboxylic acids is 1. The Bertz CT molecular complexity index is 357. The zero-order chi connectivity index (χ0) is 11.5. The molecule has 0 bridgehead atoms. The third kappa shape index (κ3) is 2.11. The van der Waals surface area contributed by atoms with Gasteiger partial charge < -0.3 is 26.4 Å². The summed E-state index contributed by atoms with van der Waals surface area (Å²) >= 11 is 0. The second-order valence-electron chi connectivity index (χ2n) is 4.00. The molecule has 2 aliphatic heterocycles. The van der Waals surface area contributed by atoms with E-state index in [-0.39, 0.29) is 18.3 Å². The van der Waals surface area contributed by atoms with Crippen molar-refractivity contribution in [2.24, 2.45) is 0 Å². The van der Waals surface area contributed by atoms with Gasteiger partial charge in [-0.25, -0.2) is 4.79 Å². The molecule has 0 radical (unpaired) electrons. The molecule has 0 atom stereocenters. The number of rotatable bonds is 3. The number of hydrogen-bond donors (Lipinski definition) is 4. The first-order valence-electron chi connectivity index (χ1n) is 5.22. The van der Waals surface area contributed by atoms with Gasteiger partial charge in [-0.2, -0.15) is 0 Å². The lowest BCUT2D eigenvalue weighted by Crippen LogP contribution is -2.42. The molecule has 16 heavy (non-hydrogen) atoms. The molecule has 2 aliphatic rings. The summed E-state index contributed by atoms with van der Waals surface area (Å²) in [6.07, 6.45) is 0.937. The smallest absolute Gasteiger partial charge is 0.318 e. The fraction of sp³-hybridized carbons (Fsp3) is 0.500. The van der Waals surface area contributed by atoms with E-state index >= 15 is 0 Å². The minimum atomic E-state index is -0.152. The lowest BCUT2D eigenvalue weighted by molar-refractivity contribution is 0.210. The monoisotopic (exact) mass is 221 g/mol. The summed E-state index contributed by atoms with van der Waals surface area (Å²) in [5.41, 5.74) is 2.74. The standard InChI is InChI=1S/C10H15N5O/c11-1-9(12)4-14-10(16)15-5-7-2-13-3-8(7)6-15/h1,11-13H,2-6H2,(H,14,16). The van der Waals surface area contributed by atoms with Gasteiger partial charge in [0.25, 0.3) is 0 Å². The van der Waals surface area contributed by atoms with Crippen LogP contribution in [0.25, 0.3) is 0 Å². The summed E-state index contributed by atoms with van der Waals surface area (Å²) < 4.78 is 0. The third-order valence-corrected chi connectivity index (χ3v) is 2.83. The molecule has 6 nitrogen and oxygen atoms in total. The zero-order valence-corrected chi connectivity index (χ0v) is 8.97. The molecule has 86 valence electrons. The van der Waals surface area contributed by atoms with E-state index in [1.54, 1.807) is 4.90 Å². The molecule has 0 aliphatic carbocycles. The van der Waals surface area contributed by atoms with Crippen molar-refractivity contribution in [1.29, 1.82) is 10.8 Å². The normalized spacial score (nSPS) is 18.6. The van der Waals surface area contributed by atoms with Crippen molar-refractivity contribution in [3.8, 4) is 0 Å². The van der Waals surface area contributed by atoms with Gasteiger partial charge in [-0.15, -0.1) is 0 Å². The predicted molar refractivity (Wildman–Crippen MR) is 61.4 cm³/mol. The molecule has 4 N–H and O–H groups in total. The lowest BCUT2D eigenvalue weighted by Gasteiger charge is -2.18. The van der Waals surface area contributed by atoms with E-state index in [2.05, 4.69) is 10.6 Å². The Morgan fingerprint density at radius 1 is 1.44 bits per heavy atom. The van der Waals surface area contributed by atoms with Crippen LogP contribution in [-0.4, -0.2) is 55.6 Å². The Labute approximate surface area is 93.7 Å². The van der Waals surface area contributed by atoms with E-state index in [1.807, 2.05) is 0 Å². The fourth-order valence-electron chi connectivity index (χ4n) is 1.94. The molecule has 0 aromatic rings. The van der Waals surface area contributed by atoms with Crippen LogP contribution in [0.5, 0.6) is 0 Å². The van der Waals surface area contributed by atoms with Crippen LogP contribution in [0.3, 0.4) is 0 Å². The molecular formula is C10H15N5O. The SMILES string of the molecule is N=CC(=N)CNC(=O)N1CC2=C(CNC2)C1. The Kier molecular flexibility index (Phi) is 3.00. The van der Waals surface area contributed by atoms with Crippen molar-refractivity contribution < 1.29 is 4.79 Å². The van der Waals surface area contributed by atoms with Gasteiger partial charge in [-0.3, -0.25) is 0 Å². The third-order valence-electron chi connectivity index (χ3n) is 2.83. The maximum absolute atomic E-state index is 11.7. The van der Waals surface area contributed by atoms with Crippen molar-refractivity contribution >= 4 is 18.0 Å². The van der Waals surface area contributed by atoms with Crippen molar-refractivity contribution in [3.05, 3.63) is 11.1 Å². The highest BCUT2D eigenvalue weighted by Crippen LogP contribution is 2.19. The van der Waals surface area contributed by atoms with Gasteiger partial charge in [0.2, 0.25) is 0 Å². The van der Waals surface area contributed by atoms with Gasteiger partial charge in [0.15, 0.2) is 0 Å². The second-order valence-corrected chi connectivity index (χ2v) is 4.00. The maximum atomic E-state index is 11.7. The summed E-state index contributed by atoms with van der Waals surface area (Å²) in [5, 5.41) is 19.9. The number of nitrogens with zero attached hydrogens (tertiary/aromatic N) is 1. The van der Waals surface area contributed by atoms with Crippen LogP contribution in [0.15, 0.2) is 11.1 Å². The Hall–Kier alpha value is -1.69. The molecule has 2 heterocycles. The molecule has 0 spiro atoms. The van der Waals surface area contributed by atoms with E-state index < -0.39 is 0 Å². The van der Waals surface area contributed by atoms with Gasteiger partial charge in [0.1, 0.15) is 0 Å². The molecular weight excluding hydrogens is 206 g/mol. The van der Waals surface area contributed by atoms with Crippen LogP contribution in [0, 0.1) is 10.8 Å². The van der Waals surface area contributed by atoms with E-state index in [1.165, 1.54) is 11.1 Å². The van der Waals surface area contributed by atoms with Crippen LogP contribution >= 0.6 is 0 Å². The van der Waals surface area contributed by atoms with Crippen LogP contribution in [-0.2, 0) is 0 Å². The molecule has 0 aromatic heterocycles. The van der Waals surface area contributed by atoms with Crippen molar-refractivity contribution in [2.45, 2.75) is 0 Å². The van der Waals surface area contributed by atoms with E-state index in [0.29, 0.717) is 13.1 Å². The zero-order valence-electron chi connectivity index (χ0n) is 8.97. The van der Waals surface area contributed by atoms with E-state index in [0.717, 1.165) is 19.3 Å². The average molecular weight is 221 g/mol. The molecule has 2 amide bonds. The Morgan fingerprint density at radius 3 is 2.62 bits per heavy atom. The van der Waals surface area contributed by atoms with Gasteiger partial charge in [-0.1, -0.05) is 0 Å². The average Bonchev–Trinajstić information content (AvgIpc) is 2.85. The molecule has 0 saturated heterocycles. The molecule has 0 saturated carbocycles. The van der Waals surface area contributed by atoms with Crippen LogP contribution < -0.4 is 10.6 Å². The molecule has 0 aromatic carbocycles.